The fourth-order valence-electron chi connectivity index (χ4n) is 3.47. The summed E-state index contributed by atoms with van der Waals surface area (Å²) < 4.78 is 5.61. The molecule has 5 heteroatoms. The molecule has 134 valence electrons. The van der Waals surface area contributed by atoms with Crippen LogP contribution in [0.5, 0.6) is 0 Å². The number of para-hydroxylation sites is 1. The summed E-state index contributed by atoms with van der Waals surface area (Å²) in [5, 5.41) is 1.63. The molecule has 0 N–H and O–H groups in total. The molecular weight excluding hydrogens is 348 g/mol. The molecule has 2 aromatic carbocycles. The molecule has 4 nitrogen and oxygen atoms in total. The van der Waals surface area contributed by atoms with Gasteiger partial charge in [-0.05, 0) is 36.8 Å². The number of halogens is 1. The number of amides is 1. The molecule has 0 aliphatic carbocycles. The van der Waals surface area contributed by atoms with E-state index in [1.165, 1.54) is 5.69 Å². The second kappa shape index (κ2) is 7.04. The van der Waals surface area contributed by atoms with E-state index in [0.29, 0.717) is 11.4 Å². The van der Waals surface area contributed by atoms with E-state index >= 15 is 0 Å². The molecule has 0 saturated carbocycles. The van der Waals surface area contributed by atoms with Crippen LogP contribution in [0, 0.1) is 6.92 Å². The van der Waals surface area contributed by atoms with Gasteiger partial charge in [-0.1, -0.05) is 29.8 Å². The lowest BCUT2D eigenvalue weighted by molar-refractivity contribution is -0.130. The first-order valence-corrected chi connectivity index (χ1v) is 9.23. The lowest BCUT2D eigenvalue weighted by atomic mass is 10.1. The van der Waals surface area contributed by atoms with E-state index in [4.69, 9.17) is 16.0 Å². The maximum absolute atomic E-state index is 12.7. The summed E-state index contributed by atoms with van der Waals surface area (Å²) in [6.07, 6.45) is 2.02. The fraction of sp³-hybridized carbons (Fsp3) is 0.286. The number of carbonyl (C=O) groups is 1. The SMILES string of the molecule is Cc1cc2occ(CC(=O)N3CCN(c4ccccc4)CC3)c2cc1Cl. The van der Waals surface area contributed by atoms with Crippen molar-refractivity contribution in [3.63, 3.8) is 0 Å². The topological polar surface area (TPSA) is 36.7 Å². The zero-order chi connectivity index (χ0) is 18.1. The molecule has 1 fully saturated rings. The van der Waals surface area contributed by atoms with E-state index in [1.54, 1.807) is 6.26 Å². The lowest BCUT2D eigenvalue weighted by Gasteiger charge is -2.36. The van der Waals surface area contributed by atoms with Gasteiger partial charge in [-0.15, -0.1) is 0 Å². The number of benzene rings is 2. The molecule has 1 aliphatic rings. The number of hydrogen-bond donors (Lipinski definition) is 0. The highest BCUT2D eigenvalue weighted by atomic mass is 35.5. The minimum Gasteiger partial charge on any atom is -0.464 e. The monoisotopic (exact) mass is 368 g/mol. The predicted molar refractivity (Wildman–Crippen MR) is 105 cm³/mol. The van der Waals surface area contributed by atoms with Crippen molar-refractivity contribution in [2.24, 2.45) is 0 Å². The molecule has 0 unspecified atom stereocenters. The van der Waals surface area contributed by atoms with Gasteiger partial charge in [0.05, 0.1) is 12.7 Å². The number of anilines is 1. The van der Waals surface area contributed by atoms with Gasteiger partial charge in [0.2, 0.25) is 5.91 Å². The van der Waals surface area contributed by atoms with E-state index in [9.17, 15) is 4.79 Å². The summed E-state index contributed by atoms with van der Waals surface area (Å²) in [5.41, 5.74) is 3.87. The normalized spacial score (nSPS) is 14.8. The highest BCUT2D eigenvalue weighted by molar-refractivity contribution is 6.32. The Labute approximate surface area is 157 Å². The van der Waals surface area contributed by atoms with Crippen molar-refractivity contribution in [3.8, 4) is 0 Å². The van der Waals surface area contributed by atoms with Gasteiger partial charge < -0.3 is 14.2 Å². The lowest BCUT2D eigenvalue weighted by Crippen LogP contribution is -2.49. The zero-order valence-corrected chi connectivity index (χ0v) is 15.5. The summed E-state index contributed by atoms with van der Waals surface area (Å²) >= 11 is 6.23. The van der Waals surface area contributed by atoms with E-state index < -0.39 is 0 Å². The van der Waals surface area contributed by atoms with Gasteiger partial charge in [0.15, 0.2) is 0 Å². The first-order valence-electron chi connectivity index (χ1n) is 8.86. The molecule has 1 aromatic heterocycles. The minimum atomic E-state index is 0.136. The van der Waals surface area contributed by atoms with Gasteiger partial charge in [0, 0.05) is 47.8 Å². The van der Waals surface area contributed by atoms with Gasteiger partial charge >= 0.3 is 0 Å². The zero-order valence-electron chi connectivity index (χ0n) is 14.7. The van der Waals surface area contributed by atoms with Crippen LogP contribution >= 0.6 is 11.6 Å². The Morgan fingerprint density at radius 3 is 2.58 bits per heavy atom. The molecule has 3 aromatic rings. The smallest absolute Gasteiger partial charge is 0.227 e. The molecule has 1 aliphatic heterocycles. The summed E-state index contributed by atoms with van der Waals surface area (Å²) in [6, 6.07) is 14.2. The number of aryl methyl sites for hydroxylation is 1. The van der Waals surface area contributed by atoms with Crippen molar-refractivity contribution in [1.29, 1.82) is 0 Å². The Bertz CT molecular complexity index is 928. The third-order valence-corrected chi connectivity index (χ3v) is 5.44. The van der Waals surface area contributed by atoms with E-state index in [1.807, 2.05) is 42.2 Å². The largest absolute Gasteiger partial charge is 0.464 e. The standard InChI is InChI=1S/C21H21ClN2O2/c1-15-11-20-18(13-19(15)22)16(14-26-20)12-21(25)24-9-7-23(8-10-24)17-5-3-2-4-6-17/h2-6,11,13-14H,7-10,12H2,1H3. The van der Waals surface area contributed by atoms with E-state index in [0.717, 1.165) is 48.3 Å². The first-order chi connectivity index (χ1) is 12.6. The number of rotatable bonds is 3. The van der Waals surface area contributed by atoms with Crippen molar-refractivity contribution in [3.05, 3.63) is 64.9 Å². The molecule has 26 heavy (non-hydrogen) atoms. The third kappa shape index (κ3) is 3.29. The van der Waals surface area contributed by atoms with Gasteiger partial charge in [-0.2, -0.15) is 0 Å². The number of carbonyl (C=O) groups excluding carboxylic acids is 1. The molecule has 1 saturated heterocycles. The predicted octanol–water partition coefficient (Wildman–Crippen LogP) is 4.29. The van der Waals surface area contributed by atoms with Gasteiger partial charge in [-0.3, -0.25) is 4.79 Å². The van der Waals surface area contributed by atoms with Crippen molar-refractivity contribution in [2.45, 2.75) is 13.3 Å². The van der Waals surface area contributed by atoms with Gasteiger partial charge in [-0.25, -0.2) is 0 Å². The summed E-state index contributed by atoms with van der Waals surface area (Å²) in [5.74, 6) is 0.136. The van der Waals surface area contributed by atoms with Crippen LogP contribution in [-0.2, 0) is 11.2 Å². The van der Waals surface area contributed by atoms with Crippen molar-refractivity contribution in [1.82, 2.24) is 4.90 Å². The summed E-state index contributed by atoms with van der Waals surface area (Å²) in [7, 11) is 0. The van der Waals surface area contributed by atoms with Gasteiger partial charge in [0.25, 0.3) is 0 Å². The summed E-state index contributed by atoms with van der Waals surface area (Å²) in [4.78, 5) is 17.0. The molecule has 0 spiro atoms. The van der Waals surface area contributed by atoms with Crippen LogP contribution in [0.15, 0.2) is 53.1 Å². The fourth-order valence-corrected chi connectivity index (χ4v) is 3.63. The van der Waals surface area contributed by atoms with Crippen LogP contribution in [0.1, 0.15) is 11.1 Å². The summed E-state index contributed by atoms with van der Waals surface area (Å²) in [6.45, 7) is 5.13. The third-order valence-electron chi connectivity index (χ3n) is 5.03. The minimum absolute atomic E-state index is 0.136. The quantitative estimate of drug-likeness (QED) is 0.692. The number of hydrogen-bond acceptors (Lipinski definition) is 3. The Hall–Kier alpha value is -2.46. The Kier molecular flexibility index (Phi) is 4.60. The van der Waals surface area contributed by atoms with Crippen LogP contribution in [-0.4, -0.2) is 37.0 Å². The van der Waals surface area contributed by atoms with Gasteiger partial charge in [0.1, 0.15) is 5.58 Å². The highest BCUT2D eigenvalue weighted by Crippen LogP contribution is 2.28. The Morgan fingerprint density at radius 1 is 1.12 bits per heavy atom. The molecule has 0 atom stereocenters. The number of furan rings is 1. The highest BCUT2D eigenvalue weighted by Gasteiger charge is 2.22. The van der Waals surface area contributed by atoms with Crippen LogP contribution in [0.2, 0.25) is 5.02 Å². The molecular formula is C21H21ClN2O2. The van der Waals surface area contributed by atoms with Crippen LogP contribution < -0.4 is 4.90 Å². The van der Waals surface area contributed by atoms with E-state index in [2.05, 4.69) is 17.0 Å². The molecule has 2 heterocycles. The van der Waals surface area contributed by atoms with Crippen molar-refractivity contribution >= 4 is 34.2 Å². The molecule has 4 rings (SSSR count). The number of fused-ring (bicyclic) bond motifs is 1. The number of nitrogens with zero attached hydrogens (tertiary/aromatic N) is 2. The first kappa shape index (κ1) is 17.0. The second-order valence-electron chi connectivity index (χ2n) is 6.74. The average Bonchev–Trinajstić information content (AvgIpc) is 3.04. The van der Waals surface area contributed by atoms with Crippen LogP contribution in [0.4, 0.5) is 5.69 Å². The van der Waals surface area contributed by atoms with Crippen LogP contribution in [0.25, 0.3) is 11.0 Å². The van der Waals surface area contributed by atoms with Crippen molar-refractivity contribution < 1.29 is 9.21 Å². The average molecular weight is 369 g/mol. The van der Waals surface area contributed by atoms with Crippen LogP contribution in [0.3, 0.4) is 0 Å². The molecule has 1 amide bonds. The van der Waals surface area contributed by atoms with E-state index in [-0.39, 0.29) is 5.91 Å². The Balaban J connectivity index is 1.43. The second-order valence-corrected chi connectivity index (χ2v) is 7.15. The molecule has 0 radical (unpaired) electrons. The maximum Gasteiger partial charge on any atom is 0.227 e. The Morgan fingerprint density at radius 2 is 1.85 bits per heavy atom. The van der Waals surface area contributed by atoms with Crippen molar-refractivity contribution in [2.75, 3.05) is 31.1 Å². The molecule has 0 bridgehead atoms. The maximum atomic E-state index is 12.7. The number of piperazine rings is 1.